The van der Waals surface area contributed by atoms with E-state index < -0.39 is 65.7 Å². The normalized spacial score (nSPS) is 14.3. The highest BCUT2D eigenvalue weighted by atomic mass is 32.1. The van der Waals surface area contributed by atoms with Gasteiger partial charge >= 0.3 is 5.97 Å². The molecule has 0 radical (unpaired) electrons. The van der Waals surface area contributed by atoms with Gasteiger partial charge in [0.1, 0.15) is 29.9 Å². The van der Waals surface area contributed by atoms with Gasteiger partial charge in [-0.15, -0.1) is 0 Å². The molecule has 11 N–H and O–H groups in total. The van der Waals surface area contributed by atoms with Gasteiger partial charge in [-0.3, -0.25) is 19.2 Å². The Balaban J connectivity index is 1.84. The number of thiol groups is 1. The molecule has 1 aromatic heterocycles. The largest absolute Gasteiger partial charge is 0.508 e. The molecule has 3 aromatic rings. The fourth-order valence-electron chi connectivity index (χ4n) is 5.26. The number of aromatic nitrogens is 1. The Kier molecular flexibility index (Phi) is 14.9. The molecule has 15 heteroatoms. The molecule has 49 heavy (non-hydrogen) atoms. The summed E-state index contributed by atoms with van der Waals surface area (Å²) in [6.45, 7) is 3.74. The third-order valence-electron chi connectivity index (χ3n) is 8.08. The minimum Gasteiger partial charge on any atom is -0.508 e. The lowest BCUT2D eigenvalue weighted by atomic mass is 10.00. The van der Waals surface area contributed by atoms with Crippen LogP contribution in [-0.4, -0.2) is 87.3 Å². The molecule has 266 valence electrons. The number of hydrogen-bond acceptors (Lipinski definition) is 9. The number of phenols is 1. The van der Waals surface area contributed by atoms with Gasteiger partial charge in [-0.05, 0) is 67.5 Å². The molecule has 0 aliphatic heterocycles. The molecule has 0 saturated carbocycles. The van der Waals surface area contributed by atoms with E-state index in [0.29, 0.717) is 24.9 Å². The second-order valence-corrected chi connectivity index (χ2v) is 12.6. The number of phenolic OH excluding ortho intramolecular Hbond substituents is 1. The van der Waals surface area contributed by atoms with Crippen molar-refractivity contribution in [2.24, 2.45) is 17.4 Å². The van der Waals surface area contributed by atoms with Crippen molar-refractivity contribution >= 4 is 53.1 Å². The lowest BCUT2D eigenvalue weighted by Gasteiger charge is -2.28. The first-order valence-electron chi connectivity index (χ1n) is 16.2. The average molecular weight is 698 g/mol. The number of aliphatic carboxylic acids is 1. The number of carbonyl (C=O) groups excluding carboxylic acids is 4. The molecule has 5 atom stereocenters. The zero-order valence-corrected chi connectivity index (χ0v) is 28.5. The Labute approximate surface area is 290 Å². The summed E-state index contributed by atoms with van der Waals surface area (Å²) in [6, 6.07) is 8.12. The predicted octanol–water partition coefficient (Wildman–Crippen LogP) is 0.725. The number of para-hydroxylation sites is 1. The van der Waals surface area contributed by atoms with Gasteiger partial charge in [0.05, 0.1) is 6.04 Å². The molecule has 0 bridgehead atoms. The molecule has 0 saturated heterocycles. The van der Waals surface area contributed by atoms with Crippen molar-refractivity contribution in [3.05, 3.63) is 65.9 Å². The number of H-pyrrole nitrogens is 1. The first-order valence-corrected chi connectivity index (χ1v) is 16.8. The van der Waals surface area contributed by atoms with E-state index in [1.807, 2.05) is 24.3 Å². The highest BCUT2D eigenvalue weighted by molar-refractivity contribution is 7.80. The standard InChI is InChI=1S/C34H47N7O7S/c1-19(2)29(33(46)40-28(18-49)34(47)48)41-31(44)26(9-5-6-14-35)38-32(45)27(16-21-17-37-25-8-4-3-7-23(21)25)39-30(43)24(36)15-20-10-12-22(42)13-11-20/h3-4,7-8,10-13,17,19,24,26-29,37,42,49H,5-6,9,14-16,18,35-36H2,1-2H3,(H,38,45)(H,39,43)(H,40,46)(H,41,44)(H,47,48)/t24-,26-,27+,28-,29-/m0/s1. The molecule has 0 unspecified atom stereocenters. The van der Waals surface area contributed by atoms with Crippen LogP contribution in [0.15, 0.2) is 54.7 Å². The highest BCUT2D eigenvalue weighted by Gasteiger charge is 2.33. The summed E-state index contributed by atoms with van der Waals surface area (Å²) < 4.78 is 0. The van der Waals surface area contributed by atoms with Gasteiger partial charge in [-0.2, -0.15) is 12.6 Å². The van der Waals surface area contributed by atoms with Crippen LogP contribution in [0.5, 0.6) is 5.75 Å². The number of nitrogens with two attached hydrogens (primary N) is 2. The average Bonchev–Trinajstić information content (AvgIpc) is 3.48. The number of hydrogen-bond donors (Lipinski definition) is 10. The Morgan fingerprint density at radius 3 is 2.08 bits per heavy atom. The maximum atomic E-state index is 14.0. The number of carbonyl (C=O) groups is 5. The van der Waals surface area contributed by atoms with Gasteiger partial charge in [-0.25, -0.2) is 4.79 Å². The maximum Gasteiger partial charge on any atom is 0.327 e. The van der Waals surface area contributed by atoms with Crippen LogP contribution in [0.3, 0.4) is 0 Å². The van der Waals surface area contributed by atoms with E-state index in [9.17, 15) is 34.2 Å². The quantitative estimate of drug-likeness (QED) is 0.0626. The summed E-state index contributed by atoms with van der Waals surface area (Å²) in [7, 11) is 0. The van der Waals surface area contributed by atoms with E-state index >= 15 is 0 Å². The van der Waals surface area contributed by atoms with E-state index in [1.54, 1.807) is 32.2 Å². The molecule has 0 spiro atoms. The first kappa shape index (κ1) is 38.8. The molecule has 14 nitrogen and oxygen atoms in total. The van der Waals surface area contributed by atoms with Crippen LogP contribution in [0.1, 0.15) is 44.2 Å². The smallest absolute Gasteiger partial charge is 0.327 e. The van der Waals surface area contributed by atoms with E-state index in [4.69, 9.17) is 11.5 Å². The van der Waals surface area contributed by atoms with Crippen molar-refractivity contribution in [2.45, 2.75) is 76.2 Å². The first-order chi connectivity index (χ1) is 23.3. The number of carboxylic acids is 1. The van der Waals surface area contributed by atoms with E-state index in [-0.39, 0.29) is 30.8 Å². The van der Waals surface area contributed by atoms with Crippen molar-refractivity contribution in [1.29, 1.82) is 0 Å². The summed E-state index contributed by atoms with van der Waals surface area (Å²) in [5.74, 6) is -4.37. The summed E-state index contributed by atoms with van der Waals surface area (Å²) in [6.07, 6.45) is 3.20. The monoisotopic (exact) mass is 697 g/mol. The zero-order valence-electron chi connectivity index (χ0n) is 27.6. The number of fused-ring (bicyclic) bond motifs is 1. The van der Waals surface area contributed by atoms with Gasteiger partial charge in [-0.1, -0.05) is 44.2 Å². The number of unbranched alkanes of at least 4 members (excludes halogenated alkanes) is 1. The lowest BCUT2D eigenvalue weighted by Crippen LogP contribution is -2.59. The predicted molar refractivity (Wildman–Crippen MR) is 189 cm³/mol. The lowest BCUT2D eigenvalue weighted by molar-refractivity contribution is -0.142. The summed E-state index contributed by atoms with van der Waals surface area (Å²) in [5.41, 5.74) is 14.2. The third-order valence-corrected chi connectivity index (χ3v) is 8.45. The molecule has 4 amide bonds. The summed E-state index contributed by atoms with van der Waals surface area (Å²) in [4.78, 5) is 68.6. The SMILES string of the molecule is CC(C)[C@H](NC(=O)[C@H](CCCCN)NC(=O)[C@@H](Cc1c[nH]c2ccccc12)NC(=O)[C@@H](N)Cc1ccc(O)cc1)C(=O)N[C@@H](CS)C(=O)O. The molecule has 0 aliphatic carbocycles. The van der Waals surface area contributed by atoms with Crippen molar-refractivity contribution in [3.63, 3.8) is 0 Å². The number of aromatic amines is 1. The van der Waals surface area contributed by atoms with Crippen molar-refractivity contribution < 1.29 is 34.2 Å². The number of rotatable bonds is 19. The molecule has 0 fully saturated rings. The fourth-order valence-corrected chi connectivity index (χ4v) is 5.50. The van der Waals surface area contributed by atoms with E-state index in [1.165, 1.54) is 12.1 Å². The van der Waals surface area contributed by atoms with Crippen molar-refractivity contribution in [3.8, 4) is 5.75 Å². The minimum atomic E-state index is -1.27. The number of amides is 4. The van der Waals surface area contributed by atoms with Crippen molar-refractivity contribution in [1.82, 2.24) is 26.3 Å². The number of nitrogens with one attached hydrogen (secondary N) is 5. The van der Waals surface area contributed by atoms with Gasteiger partial charge in [0, 0.05) is 29.3 Å². The van der Waals surface area contributed by atoms with Crippen LogP contribution in [0.25, 0.3) is 10.9 Å². The Morgan fingerprint density at radius 1 is 0.816 bits per heavy atom. The molecule has 2 aromatic carbocycles. The number of aromatic hydroxyl groups is 1. The Bertz CT molecular complexity index is 1580. The molecule has 0 aliphatic rings. The van der Waals surface area contributed by atoms with Crippen LogP contribution in [0, 0.1) is 5.92 Å². The number of carboxylic acid groups (broad SMARTS) is 1. The Hall–Kier alpha value is -4.60. The van der Waals surface area contributed by atoms with E-state index in [0.717, 1.165) is 16.5 Å². The third kappa shape index (κ3) is 11.5. The molecule has 3 rings (SSSR count). The van der Waals surface area contributed by atoms with Crippen LogP contribution in [-0.2, 0) is 36.8 Å². The Morgan fingerprint density at radius 2 is 1.45 bits per heavy atom. The van der Waals surface area contributed by atoms with Crippen LogP contribution < -0.4 is 32.7 Å². The van der Waals surface area contributed by atoms with Crippen LogP contribution >= 0.6 is 12.6 Å². The fraction of sp³-hybridized carbons (Fsp3) is 0.441. The maximum absolute atomic E-state index is 14.0. The van der Waals surface area contributed by atoms with Gasteiger partial charge < -0.3 is 47.9 Å². The van der Waals surface area contributed by atoms with Gasteiger partial charge in [0.2, 0.25) is 23.6 Å². The van der Waals surface area contributed by atoms with Gasteiger partial charge in [0.15, 0.2) is 0 Å². The topological polar surface area (TPSA) is 242 Å². The second kappa shape index (κ2) is 18.8. The van der Waals surface area contributed by atoms with Crippen molar-refractivity contribution in [2.75, 3.05) is 12.3 Å². The number of benzene rings is 2. The molecular formula is C34H47N7O7S. The summed E-state index contributed by atoms with van der Waals surface area (Å²) in [5, 5.41) is 30.4. The highest BCUT2D eigenvalue weighted by Crippen LogP contribution is 2.20. The minimum absolute atomic E-state index is 0.0714. The second-order valence-electron chi connectivity index (χ2n) is 12.3. The van der Waals surface area contributed by atoms with Crippen LogP contribution in [0.2, 0.25) is 0 Å². The van der Waals surface area contributed by atoms with Crippen LogP contribution in [0.4, 0.5) is 0 Å². The molecule has 1 heterocycles. The summed E-state index contributed by atoms with van der Waals surface area (Å²) >= 11 is 3.98. The molecular weight excluding hydrogens is 650 g/mol. The van der Waals surface area contributed by atoms with Gasteiger partial charge in [0.25, 0.3) is 0 Å². The zero-order chi connectivity index (χ0) is 36.1. The van der Waals surface area contributed by atoms with E-state index in [2.05, 4.69) is 38.9 Å².